The number of aryl methyl sites for hydroxylation is 1. The van der Waals surface area contributed by atoms with Crippen molar-refractivity contribution in [1.29, 1.82) is 0 Å². The molecule has 0 amide bonds. The molecule has 112 valence electrons. The third-order valence-electron chi connectivity index (χ3n) is 3.20. The average Bonchev–Trinajstić information content (AvgIpc) is 2.99. The maximum atomic E-state index is 12.2. The van der Waals surface area contributed by atoms with Gasteiger partial charge < -0.3 is 9.72 Å². The van der Waals surface area contributed by atoms with E-state index in [-0.39, 0.29) is 17.9 Å². The quantitative estimate of drug-likeness (QED) is 0.801. The molecule has 0 spiro atoms. The van der Waals surface area contributed by atoms with Gasteiger partial charge in [-0.05, 0) is 26.7 Å². The summed E-state index contributed by atoms with van der Waals surface area (Å²) in [6.45, 7) is 4.65. The van der Waals surface area contributed by atoms with Gasteiger partial charge in [0.2, 0.25) is 0 Å². The molecule has 2 rings (SSSR count). The number of H-pyrrole nitrogens is 1. The van der Waals surface area contributed by atoms with Crippen molar-refractivity contribution in [2.24, 2.45) is 0 Å². The summed E-state index contributed by atoms with van der Waals surface area (Å²) in [6.07, 6.45) is 3.19. The van der Waals surface area contributed by atoms with Crippen molar-refractivity contribution in [3.8, 4) is 0 Å². The van der Waals surface area contributed by atoms with E-state index in [1.807, 2.05) is 0 Å². The number of hydrogen-bond acceptors (Lipinski definition) is 4. The van der Waals surface area contributed by atoms with Crippen LogP contribution >= 0.6 is 0 Å². The summed E-state index contributed by atoms with van der Waals surface area (Å²) in [5.41, 5.74) is 1.03. The van der Waals surface area contributed by atoms with Gasteiger partial charge in [0.1, 0.15) is 5.56 Å². The van der Waals surface area contributed by atoms with E-state index in [1.165, 1.54) is 10.5 Å². The Morgan fingerprint density at radius 2 is 2.10 bits per heavy atom. The molecule has 0 unspecified atom stereocenters. The van der Waals surface area contributed by atoms with Crippen LogP contribution in [0.15, 0.2) is 6.20 Å². The fourth-order valence-electron chi connectivity index (χ4n) is 2.21. The van der Waals surface area contributed by atoms with Crippen LogP contribution in [0.5, 0.6) is 0 Å². The summed E-state index contributed by atoms with van der Waals surface area (Å²) < 4.78 is 33.2. The third-order valence-corrected chi connectivity index (χ3v) is 4.72. The van der Waals surface area contributed by atoms with Gasteiger partial charge in [-0.15, -0.1) is 0 Å². The highest BCUT2D eigenvalue weighted by Crippen LogP contribution is 2.23. The first-order valence-electron chi connectivity index (χ1n) is 6.58. The lowest BCUT2D eigenvalue weighted by Gasteiger charge is -2.16. The van der Waals surface area contributed by atoms with E-state index in [1.54, 1.807) is 13.8 Å². The first-order chi connectivity index (χ1) is 9.45. The zero-order valence-electron chi connectivity index (χ0n) is 11.6. The number of rotatable bonds is 5. The molecular weight excluding hydrogens is 282 g/mol. The van der Waals surface area contributed by atoms with Crippen molar-refractivity contribution in [3.63, 3.8) is 0 Å². The van der Waals surface area contributed by atoms with E-state index in [4.69, 9.17) is 4.74 Å². The maximum absolute atomic E-state index is 12.2. The highest BCUT2D eigenvalue weighted by atomic mass is 32.2. The van der Waals surface area contributed by atoms with Gasteiger partial charge in [-0.3, -0.25) is 4.72 Å². The van der Waals surface area contributed by atoms with E-state index in [0.29, 0.717) is 18.8 Å². The lowest BCUT2D eigenvalue weighted by Crippen LogP contribution is -2.33. The van der Waals surface area contributed by atoms with Crippen molar-refractivity contribution in [2.45, 2.75) is 26.7 Å². The smallest absolute Gasteiger partial charge is 0.342 e. The number of nitrogens with one attached hydrogen (secondary N) is 2. The number of nitrogens with zero attached hydrogens (tertiary/aromatic N) is 1. The Morgan fingerprint density at radius 1 is 1.45 bits per heavy atom. The summed E-state index contributed by atoms with van der Waals surface area (Å²) in [7, 11) is -3.62. The van der Waals surface area contributed by atoms with Crippen LogP contribution in [0.3, 0.4) is 0 Å². The predicted molar refractivity (Wildman–Crippen MR) is 74.8 cm³/mol. The van der Waals surface area contributed by atoms with Crippen LogP contribution in [0.2, 0.25) is 0 Å². The lowest BCUT2D eigenvalue weighted by atomic mass is 10.2. The Hall–Kier alpha value is -1.54. The molecular formula is C12H19N3O4S. The molecule has 0 radical (unpaired) electrons. The number of anilines is 1. The summed E-state index contributed by atoms with van der Waals surface area (Å²) in [5, 5.41) is 0. The number of carbonyl (C=O) groups excluding carboxylic acids is 1. The van der Waals surface area contributed by atoms with E-state index in [0.717, 1.165) is 12.8 Å². The van der Waals surface area contributed by atoms with Crippen LogP contribution in [-0.2, 0) is 14.9 Å². The molecule has 7 nitrogen and oxygen atoms in total. The number of esters is 1. The largest absolute Gasteiger partial charge is 0.462 e. The van der Waals surface area contributed by atoms with Gasteiger partial charge in [0, 0.05) is 25.0 Å². The predicted octanol–water partition coefficient (Wildman–Crippen LogP) is 1.25. The van der Waals surface area contributed by atoms with Crippen LogP contribution in [0.25, 0.3) is 0 Å². The van der Waals surface area contributed by atoms with Gasteiger partial charge in [-0.2, -0.15) is 12.7 Å². The zero-order valence-corrected chi connectivity index (χ0v) is 12.4. The van der Waals surface area contributed by atoms with Gasteiger partial charge in [-0.1, -0.05) is 0 Å². The minimum atomic E-state index is -3.62. The van der Waals surface area contributed by atoms with Crippen LogP contribution in [0.1, 0.15) is 35.8 Å². The second kappa shape index (κ2) is 5.84. The van der Waals surface area contributed by atoms with E-state index < -0.39 is 16.2 Å². The summed E-state index contributed by atoms with van der Waals surface area (Å²) >= 11 is 0. The Kier molecular flexibility index (Phi) is 4.34. The van der Waals surface area contributed by atoms with Gasteiger partial charge in [-0.25, -0.2) is 4.79 Å². The molecule has 1 saturated heterocycles. The minimum Gasteiger partial charge on any atom is -0.462 e. The second-order valence-electron chi connectivity index (χ2n) is 4.64. The highest BCUT2D eigenvalue weighted by Gasteiger charge is 2.28. The van der Waals surface area contributed by atoms with Crippen LogP contribution in [-0.4, -0.2) is 43.4 Å². The van der Waals surface area contributed by atoms with Gasteiger partial charge in [0.15, 0.2) is 0 Å². The molecule has 2 heterocycles. The molecule has 1 aliphatic heterocycles. The van der Waals surface area contributed by atoms with Gasteiger partial charge in [0.25, 0.3) is 0 Å². The monoisotopic (exact) mass is 301 g/mol. The van der Waals surface area contributed by atoms with E-state index in [9.17, 15) is 13.2 Å². The standard InChI is InChI=1S/C12H19N3O4S/c1-3-19-12(16)11-9(2)13-8-10(11)14-20(17,18)15-6-4-5-7-15/h8,13-14H,3-7H2,1-2H3. The number of hydrogen-bond donors (Lipinski definition) is 2. The number of aromatic amines is 1. The molecule has 20 heavy (non-hydrogen) atoms. The Labute approximate surface area is 118 Å². The fourth-order valence-corrected chi connectivity index (χ4v) is 3.51. The molecule has 0 atom stereocenters. The lowest BCUT2D eigenvalue weighted by molar-refractivity contribution is 0.0527. The summed E-state index contributed by atoms with van der Waals surface area (Å²) in [5.74, 6) is -0.537. The van der Waals surface area contributed by atoms with Crippen molar-refractivity contribution in [3.05, 3.63) is 17.5 Å². The third kappa shape index (κ3) is 2.96. The highest BCUT2D eigenvalue weighted by molar-refractivity contribution is 7.90. The van der Waals surface area contributed by atoms with Crippen molar-refractivity contribution in [2.75, 3.05) is 24.4 Å². The normalized spacial score (nSPS) is 16.3. The first kappa shape index (κ1) is 14.9. The molecule has 0 aliphatic carbocycles. The molecule has 0 bridgehead atoms. The Morgan fingerprint density at radius 3 is 2.70 bits per heavy atom. The van der Waals surface area contributed by atoms with Crippen LogP contribution < -0.4 is 4.72 Å². The first-order valence-corrected chi connectivity index (χ1v) is 8.02. The topological polar surface area (TPSA) is 91.5 Å². The van der Waals surface area contributed by atoms with E-state index >= 15 is 0 Å². The average molecular weight is 301 g/mol. The number of carbonyl (C=O) groups is 1. The van der Waals surface area contributed by atoms with E-state index in [2.05, 4.69) is 9.71 Å². The maximum Gasteiger partial charge on any atom is 0.342 e. The summed E-state index contributed by atoms with van der Waals surface area (Å²) in [6, 6.07) is 0. The van der Waals surface area contributed by atoms with Crippen molar-refractivity contribution >= 4 is 21.9 Å². The number of ether oxygens (including phenoxy) is 1. The van der Waals surface area contributed by atoms with Crippen LogP contribution in [0.4, 0.5) is 5.69 Å². The van der Waals surface area contributed by atoms with Crippen molar-refractivity contribution < 1.29 is 17.9 Å². The minimum absolute atomic E-state index is 0.229. The molecule has 1 aromatic heterocycles. The zero-order chi connectivity index (χ0) is 14.8. The molecule has 0 saturated carbocycles. The second-order valence-corrected chi connectivity index (χ2v) is 6.31. The molecule has 1 aromatic rings. The molecule has 1 fully saturated rings. The Bertz CT molecular complexity index is 588. The molecule has 8 heteroatoms. The summed E-state index contributed by atoms with van der Waals surface area (Å²) in [4.78, 5) is 14.7. The van der Waals surface area contributed by atoms with Crippen molar-refractivity contribution in [1.82, 2.24) is 9.29 Å². The number of aromatic nitrogens is 1. The van der Waals surface area contributed by atoms with Gasteiger partial charge in [0.05, 0.1) is 12.3 Å². The van der Waals surface area contributed by atoms with Crippen LogP contribution in [0, 0.1) is 6.92 Å². The Balaban J connectivity index is 2.23. The fraction of sp³-hybridized carbons (Fsp3) is 0.583. The SMILES string of the molecule is CCOC(=O)c1c(NS(=O)(=O)N2CCCC2)c[nH]c1C. The van der Waals surface area contributed by atoms with Gasteiger partial charge >= 0.3 is 16.2 Å². The molecule has 0 aromatic carbocycles. The molecule has 1 aliphatic rings. The molecule has 2 N–H and O–H groups in total.